The number of hydrogen-bond donors (Lipinski definition) is 1. The smallest absolute Gasteiger partial charge is 0.339 e. The number of benzene rings is 1. The first-order valence-corrected chi connectivity index (χ1v) is 8.01. The third-order valence-corrected chi connectivity index (χ3v) is 3.09. The minimum Gasteiger partial charge on any atom is -0.488 e. The highest BCUT2D eigenvalue weighted by molar-refractivity contribution is 5.90. The highest BCUT2D eigenvalue weighted by Gasteiger charge is 2.11. The van der Waals surface area contributed by atoms with E-state index in [9.17, 15) is 4.79 Å². The zero-order valence-corrected chi connectivity index (χ0v) is 14.6. The lowest BCUT2D eigenvalue weighted by Gasteiger charge is -2.21. The Balaban J connectivity index is 1.96. The SMILES string of the molecule is CCOC(=O)c1cncc(NCc2ccc(OC(C)(C)C)cc2)c1. The Bertz CT molecular complexity index is 676. The number of ether oxygens (including phenoxy) is 2. The van der Waals surface area contributed by atoms with E-state index in [4.69, 9.17) is 9.47 Å². The van der Waals surface area contributed by atoms with Crippen LogP contribution in [0.25, 0.3) is 0 Å². The predicted octanol–water partition coefficient (Wildman–Crippen LogP) is 4.05. The van der Waals surface area contributed by atoms with Crippen LogP contribution in [0.3, 0.4) is 0 Å². The van der Waals surface area contributed by atoms with E-state index >= 15 is 0 Å². The average Bonchev–Trinajstić information content (AvgIpc) is 2.53. The largest absolute Gasteiger partial charge is 0.488 e. The van der Waals surface area contributed by atoms with Crippen molar-refractivity contribution in [1.82, 2.24) is 4.98 Å². The van der Waals surface area contributed by atoms with E-state index in [1.807, 2.05) is 45.0 Å². The van der Waals surface area contributed by atoms with Gasteiger partial charge in [0.2, 0.25) is 0 Å². The molecule has 0 unspecified atom stereocenters. The fraction of sp³-hybridized carbons (Fsp3) is 0.368. The number of nitrogens with one attached hydrogen (secondary N) is 1. The van der Waals surface area contributed by atoms with Crippen molar-refractivity contribution in [1.29, 1.82) is 0 Å². The molecule has 24 heavy (non-hydrogen) atoms. The fourth-order valence-electron chi connectivity index (χ4n) is 2.10. The number of carbonyl (C=O) groups excluding carboxylic acids is 1. The van der Waals surface area contributed by atoms with Crippen LogP contribution in [0, 0.1) is 0 Å². The number of anilines is 1. The third kappa shape index (κ3) is 5.57. The van der Waals surface area contributed by atoms with Gasteiger partial charge in [-0.05, 0) is 51.5 Å². The molecular formula is C19H24N2O3. The molecule has 0 aliphatic rings. The Kier molecular flexibility index (Phi) is 5.79. The minimum absolute atomic E-state index is 0.209. The quantitative estimate of drug-likeness (QED) is 0.811. The second kappa shape index (κ2) is 7.81. The van der Waals surface area contributed by atoms with Crippen LogP contribution in [0.1, 0.15) is 43.6 Å². The van der Waals surface area contributed by atoms with Crippen molar-refractivity contribution in [2.75, 3.05) is 11.9 Å². The maximum absolute atomic E-state index is 11.7. The number of nitrogens with zero attached hydrogens (tertiary/aromatic N) is 1. The molecule has 1 aromatic heterocycles. The second-order valence-corrected chi connectivity index (χ2v) is 6.39. The molecule has 2 rings (SSSR count). The number of carbonyl (C=O) groups is 1. The molecule has 1 aromatic carbocycles. The number of aromatic nitrogens is 1. The van der Waals surface area contributed by atoms with Crippen molar-refractivity contribution in [2.45, 2.75) is 39.8 Å². The maximum Gasteiger partial charge on any atom is 0.339 e. The van der Waals surface area contributed by atoms with Crippen LogP contribution < -0.4 is 10.1 Å². The molecule has 0 spiro atoms. The lowest BCUT2D eigenvalue weighted by molar-refractivity contribution is 0.0526. The Morgan fingerprint density at radius 3 is 2.50 bits per heavy atom. The Morgan fingerprint density at radius 1 is 1.17 bits per heavy atom. The summed E-state index contributed by atoms with van der Waals surface area (Å²) in [6.07, 6.45) is 3.18. The Morgan fingerprint density at radius 2 is 1.88 bits per heavy atom. The number of rotatable bonds is 6. The van der Waals surface area contributed by atoms with Crippen molar-refractivity contribution < 1.29 is 14.3 Å². The minimum atomic E-state index is -0.364. The summed E-state index contributed by atoms with van der Waals surface area (Å²) in [5.41, 5.74) is 2.11. The van der Waals surface area contributed by atoms with Gasteiger partial charge in [-0.25, -0.2) is 4.79 Å². The molecule has 2 aromatic rings. The summed E-state index contributed by atoms with van der Waals surface area (Å²) < 4.78 is 10.8. The molecule has 0 amide bonds. The van der Waals surface area contributed by atoms with E-state index in [1.165, 1.54) is 6.20 Å². The van der Waals surface area contributed by atoms with Gasteiger partial charge in [0, 0.05) is 18.9 Å². The van der Waals surface area contributed by atoms with Crippen LogP contribution in [0.15, 0.2) is 42.7 Å². The van der Waals surface area contributed by atoms with Gasteiger partial charge >= 0.3 is 5.97 Å². The molecule has 5 heteroatoms. The summed E-state index contributed by atoms with van der Waals surface area (Å²) in [7, 11) is 0. The highest BCUT2D eigenvalue weighted by atomic mass is 16.5. The van der Waals surface area contributed by atoms with E-state index in [1.54, 1.807) is 19.2 Å². The average molecular weight is 328 g/mol. The summed E-state index contributed by atoms with van der Waals surface area (Å²) >= 11 is 0. The van der Waals surface area contributed by atoms with Gasteiger partial charge in [0.25, 0.3) is 0 Å². The predicted molar refractivity (Wildman–Crippen MR) is 94.3 cm³/mol. The number of pyridine rings is 1. The lowest BCUT2D eigenvalue weighted by atomic mass is 10.1. The van der Waals surface area contributed by atoms with Gasteiger partial charge in [-0.1, -0.05) is 12.1 Å². The Labute approximate surface area is 143 Å². The van der Waals surface area contributed by atoms with Crippen LogP contribution >= 0.6 is 0 Å². The molecule has 0 aliphatic heterocycles. The van der Waals surface area contributed by atoms with E-state index in [2.05, 4.69) is 10.3 Å². The van der Waals surface area contributed by atoms with Crippen LogP contribution in [0.4, 0.5) is 5.69 Å². The highest BCUT2D eigenvalue weighted by Crippen LogP contribution is 2.19. The van der Waals surface area contributed by atoms with Crippen molar-refractivity contribution in [3.63, 3.8) is 0 Å². The zero-order chi connectivity index (χ0) is 17.6. The molecule has 0 fully saturated rings. The van der Waals surface area contributed by atoms with E-state index in [0.29, 0.717) is 18.7 Å². The topological polar surface area (TPSA) is 60.5 Å². The van der Waals surface area contributed by atoms with Crippen LogP contribution in [0.5, 0.6) is 5.75 Å². The van der Waals surface area contributed by atoms with Crippen molar-refractivity contribution in [2.24, 2.45) is 0 Å². The van der Waals surface area contributed by atoms with Gasteiger partial charge in [0.05, 0.1) is 17.9 Å². The summed E-state index contributed by atoms with van der Waals surface area (Å²) in [4.78, 5) is 15.8. The van der Waals surface area contributed by atoms with Gasteiger partial charge in [0.1, 0.15) is 11.4 Å². The number of esters is 1. The lowest BCUT2D eigenvalue weighted by Crippen LogP contribution is -2.22. The van der Waals surface area contributed by atoms with Gasteiger partial charge < -0.3 is 14.8 Å². The first kappa shape index (κ1) is 17.8. The van der Waals surface area contributed by atoms with Crippen LogP contribution in [-0.4, -0.2) is 23.2 Å². The molecule has 0 saturated carbocycles. The monoisotopic (exact) mass is 328 g/mol. The summed E-state index contributed by atoms with van der Waals surface area (Å²) in [5, 5.41) is 3.25. The molecule has 1 heterocycles. The van der Waals surface area contributed by atoms with Crippen molar-refractivity contribution in [3.05, 3.63) is 53.9 Å². The van der Waals surface area contributed by atoms with E-state index in [-0.39, 0.29) is 11.6 Å². The zero-order valence-electron chi connectivity index (χ0n) is 14.6. The molecule has 1 N–H and O–H groups in total. The molecular weight excluding hydrogens is 304 g/mol. The first-order chi connectivity index (χ1) is 11.4. The Hall–Kier alpha value is -2.56. The molecule has 0 radical (unpaired) electrons. The van der Waals surface area contributed by atoms with Gasteiger partial charge in [-0.2, -0.15) is 0 Å². The summed E-state index contributed by atoms with van der Waals surface area (Å²) in [5.74, 6) is 0.481. The first-order valence-electron chi connectivity index (χ1n) is 8.01. The van der Waals surface area contributed by atoms with Crippen molar-refractivity contribution in [3.8, 4) is 5.75 Å². The normalized spacial score (nSPS) is 11.0. The van der Waals surface area contributed by atoms with Crippen molar-refractivity contribution >= 4 is 11.7 Å². The molecule has 5 nitrogen and oxygen atoms in total. The third-order valence-electron chi connectivity index (χ3n) is 3.09. The molecule has 0 bridgehead atoms. The van der Waals surface area contributed by atoms with Crippen LogP contribution in [0.2, 0.25) is 0 Å². The fourth-order valence-corrected chi connectivity index (χ4v) is 2.10. The maximum atomic E-state index is 11.7. The summed E-state index contributed by atoms with van der Waals surface area (Å²) in [6.45, 7) is 8.81. The molecule has 0 atom stereocenters. The molecule has 0 aliphatic carbocycles. The molecule has 128 valence electrons. The second-order valence-electron chi connectivity index (χ2n) is 6.39. The van der Waals surface area contributed by atoms with E-state index < -0.39 is 0 Å². The standard InChI is InChI=1S/C19H24N2O3/c1-5-23-18(22)15-10-16(13-20-12-15)21-11-14-6-8-17(9-7-14)24-19(2,3)4/h6-10,12-13,21H,5,11H2,1-4H3. The summed E-state index contributed by atoms with van der Waals surface area (Å²) in [6, 6.07) is 9.67. The van der Waals surface area contributed by atoms with Crippen LogP contribution in [-0.2, 0) is 11.3 Å². The number of hydrogen-bond acceptors (Lipinski definition) is 5. The van der Waals surface area contributed by atoms with Gasteiger partial charge in [-0.3, -0.25) is 4.98 Å². The van der Waals surface area contributed by atoms with Gasteiger partial charge in [-0.15, -0.1) is 0 Å². The van der Waals surface area contributed by atoms with E-state index in [0.717, 1.165) is 17.0 Å². The van der Waals surface area contributed by atoms with Gasteiger partial charge in [0.15, 0.2) is 0 Å². The molecule has 0 saturated heterocycles.